The molecule has 160 valence electrons. The van der Waals surface area contributed by atoms with Crippen molar-refractivity contribution in [1.29, 1.82) is 0 Å². The fourth-order valence-electron chi connectivity index (χ4n) is 3.42. The highest BCUT2D eigenvalue weighted by Crippen LogP contribution is 2.29. The number of benzene rings is 1. The standard InChI is InChI=1S/C21H32ClN5O2/c1-2-23-21(25-10-9-24-20(28)16-7-8-16)26-15-19(27-11-13-29-14-12-27)17-5-3-4-6-18(17)22/h3-6,16,19H,2,7-15H2,1H3,(H,24,28)(H2,23,25,26). The molecule has 1 saturated heterocycles. The van der Waals surface area contributed by atoms with E-state index in [0.717, 1.165) is 62.2 Å². The summed E-state index contributed by atoms with van der Waals surface area (Å²) >= 11 is 6.50. The lowest BCUT2D eigenvalue weighted by Gasteiger charge is -2.34. The van der Waals surface area contributed by atoms with Gasteiger partial charge in [0, 0.05) is 43.7 Å². The maximum atomic E-state index is 11.7. The summed E-state index contributed by atoms with van der Waals surface area (Å²) in [6.45, 7) is 7.82. The maximum absolute atomic E-state index is 11.7. The molecule has 0 spiro atoms. The second kappa shape index (κ2) is 11.4. The molecule has 1 heterocycles. The average Bonchev–Trinajstić information content (AvgIpc) is 3.58. The van der Waals surface area contributed by atoms with Crippen LogP contribution in [-0.4, -0.2) is 69.2 Å². The van der Waals surface area contributed by atoms with Crippen LogP contribution in [0.1, 0.15) is 31.4 Å². The number of hydrogen-bond donors (Lipinski definition) is 3. The van der Waals surface area contributed by atoms with Crippen molar-refractivity contribution in [3.8, 4) is 0 Å². The Morgan fingerprint density at radius 3 is 2.62 bits per heavy atom. The van der Waals surface area contributed by atoms with Crippen LogP contribution in [0.3, 0.4) is 0 Å². The molecule has 3 rings (SSSR count). The van der Waals surface area contributed by atoms with Gasteiger partial charge in [-0.1, -0.05) is 29.8 Å². The summed E-state index contributed by atoms with van der Waals surface area (Å²) in [5, 5.41) is 10.3. The van der Waals surface area contributed by atoms with Crippen molar-refractivity contribution < 1.29 is 9.53 Å². The number of ether oxygens (including phenoxy) is 1. The van der Waals surface area contributed by atoms with E-state index in [1.54, 1.807) is 0 Å². The molecular weight excluding hydrogens is 390 g/mol. The summed E-state index contributed by atoms with van der Waals surface area (Å²) in [6, 6.07) is 8.07. The van der Waals surface area contributed by atoms with Gasteiger partial charge in [0.25, 0.3) is 0 Å². The lowest BCUT2D eigenvalue weighted by atomic mass is 10.0. The Hall–Kier alpha value is -1.83. The first kappa shape index (κ1) is 21.9. The topological polar surface area (TPSA) is 78.0 Å². The van der Waals surface area contributed by atoms with Crippen LogP contribution in [0, 0.1) is 5.92 Å². The minimum Gasteiger partial charge on any atom is -0.379 e. The van der Waals surface area contributed by atoms with Crippen LogP contribution >= 0.6 is 11.6 Å². The molecule has 1 saturated carbocycles. The molecule has 0 radical (unpaired) electrons. The highest BCUT2D eigenvalue weighted by Gasteiger charge is 2.29. The monoisotopic (exact) mass is 421 g/mol. The maximum Gasteiger partial charge on any atom is 0.223 e. The average molecular weight is 422 g/mol. The molecule has 1 aromatic rings. The summed E-state index contributed by atoms with van der Waals surface area (Å²) in [7, 11) is 0. The van der Waals surface area contributed by atoms with E-state index < -0.39 is 0 Å². The number of halogens is 1. The van der Waals surface area contributed by atoms with Gasteiger partial charge in [-0.05, 0) is 31.4 Å². The number of rotatable bonds is 9. The van der Waals surface area contributed by atoms with Gasteiger partial charge in [0.15, 0.2) is 5.96 Å². The zero-order valence-corrected chi connectivity index (χ0v) is 17.9. The van der Waals surface area contributed by atoms with Crippen molar-refractivity contribution in [2.24, 2.45) is 10.9 Å². The molecule has 0 bridgehead atoms. The number of amides is 1. The molecule has 3 N–H and O–H groups in total. The van der Waals surface area contributed by atoms with E-state index in [1.165, 1.54) is 0 Å². The van der Waals surface area contributed by atoms with Crippen LogP contribution < -0.4 is 16.0 Å². The quantitative estimate of drug-likeness (QED) is 0.322. The number of guanidine groups is 1. The molecule has 8 heteroatoms. The van der Waals surface area contributed by atoms with Gasteiger partial charge in [0.1, 0.15) is 0 Å². The van der Waals surface area contributed by atoms with Crippen molar-refractivity contribution in [2.45, 2.75) is 25.8 Å². The third-order valence-electron chi connectivity index (χ3n) is 5.18. The molecule has 1 aliphatic heterocycles. The van der Waals surface area contributed by atoms with Crippen molar-refractivity contribution >= 4 is 23.5 Å². The second-order valence-corrected chi connectivity index (χ2v) is 7.80. The summed E-state index contributed by atoms with van der Waals surface area (Å²) in [6.07, 6.45) is 2.04. The normalized spacial score (nSPS) is 18.9. The summed E-state index contributed by atoms with van der Waals surface area (Å²) in [5.74, 6) is 1.15. The van der Waals surface area contributed by atoms with Crippen molar-refractivity contribution in [3.05, 3.63) is 34.9 Å². The van der Waals surface area contributed by atoms with Crippen LogP contribution in [-0.2, 0) is 9.53 Å². The highest BCUT2D eigenvalue weighted by molar-refractivity contribution is 6.31. The fourth-order valence-corrected chi connectivity index (χ4v) is 3.68. The van der Waals surface area contributed by atoms with Crippen LogP contribution in [0.25, 0.3) is 0 Å². The molecule has 1 aliphatic carbocycles. The number of carbonyl (C=O) groups excluding carboxylic acids is 1. The molecule has 0 aromatic heterocycles. The van der Waals surface area contributed by atoms with Gasteiger partial charge in [-0.25, -0.2) is 0 Å². The van der Waals surface area contributed by atoms with Crippen LogP contribution in [0.15, 0.2) is 29.3 Å². The predicted octanol–water partition coefficient (Wildman–Crippen LogP) is 1.79. The predicted molar refractivity (Wildman–Crippen MR) is 116 cm³/mol. The van der Waals surface area contributed by atoms with E-state index in [4.69, 9.17) is 21.3 Å². The molecule has 2 fully saturated rings. The zero-order valence-electron chi connectivity index (χ0n) is 17.1. The van der Waals surface area contributed by atoms with Crippen molar-refractivity contribution in [2.75, 3.05) is 52.5 Å². The van der Waals surface area contributed by atoms with E-state index in [2.05, 4.69) is 26.9 Å². The Bertz CT molecular complexity index is 689. The Morgan fingerprint density at radius 1 is 1.21 bits per heavy atom. The number of morpholine rings is 1. The van der Waals surface area contributed by atoms with Gasteiger partial charge in [-0.2, -0.15) is 0 Å². The highest BCUT2D eigenvalue weighted by atomic mass is 35.5. The van der Waals surface area contributed by atoms with Gasteiger partial charge in [0.2, 0.25) is 5.91 Å². The summed E-state index contributed by atoms with van der Waals surface area (Å²) in [4.78, 5) is 18.9. The minimum atomic E-state index is 0.0950. The largest absolute Gasteiger partial charge is 0.379 e. The van der Waals surface area contributed by atoms with Crippen LogP contribution in [0.5, 0.6) is 0 Å². The number of carbonyl (C=O) groups is 1. The smallest absolute Gasteiger partial charge is 0.223 e. The molecule has 2 aliphatic rings. The molecular formula is C21H32ClN5O2. The lowest BCUT2D eigenvalue weighted by molar-refractivity contribution is -0.122. The van der Waals surface area contributed by atoms with Gasteiger partial charge in [-0.15, -0.1) is 0 Å². The van der Waals surface area contributed by atoms with Gasteiger partial charge < -0.3 is 20.7 Å². The third-order valence-corrected chi connectivity index (χ3v) is 5.53. The molecule has 29 heavy (non-hydrogen) atoms. The number of aliphatic imine (C=N–C) groups is 1. The SMILES string of the molecule is CCNC(=NCC(c1ccccc1Cl)N1CCOCC1)NCCNC(=O)C1CC1. The first-order valence-corrected chi connectivity index (χ1v) is 10.9. The fraction of sp³-hybridized carbons (Fsp3) is 0.619. The minimum absolute atomic E-state index is 0.0950. The molecule has 1 atom stereocenters. The van der Waals surface area contributed by atoms with Crippen LogP contribution in [0.4, 0.5) is 0 Å². The first-order chi connectivity index (χ1) is 14.2. The van der Waals surface area contributed by atoms with Crippen LogP contribution in [0.2, 0.25) is 5.02 Å². The van der Waals surface area contributed by atoms with E-state index in [0.29, 0.717) is 19.6 Å². The molecule has 1 aromatic carbocycles. The van der Waals surface area contributed by atoms with Crippen molar-refractivity contribution in [3.63, 3.8) is 0 Å². The van der Waals surface area contributed by atoms with Gasteiger partial charge >= 0.3 is 0 Å². The molecule has 1 unspecified atom stereocenters. The van der Waals surface area contributed by atoms with E-state index in [-0.39, 0.29) is 17.9 Å². The molecule has 1 amide bonds. The number of nitrogens with one attached hydrogen (secondary N) is 3. The Labute approximate surface area is 178 Å². The lowest BCUT2D eigenvalue weighted by Crippen LogP contribution is -2.43. The van der Waals surface area contributed by atoms with Crippen molar-refractivity contribution in [1.82, 2.24) is 20.9 Å². The zero-order chi connectivity index (χ0) is 20.5. The van der Waals surface area contributed by atoms with Gasteiger partial charge in [-0.3, -0.25) is 14.7 Å². The second-order valence-electron chi connectivity index (χ2n) is 7.40. The Morgan fingerprint density at radius 2 is 1.93 bits per heavy atom. The van der Waals surface area contributed by atoms with E-state index in [1.807, 2.05) is 25.1 Å². The van der Waals surface area contributed by atoms with E-state index in [9.17, 15) is 4.79 Å². The third kappa shape index (κ3) is 6.87. The molecule has 7 nitrogen and oxygen atoms in total. The summed E-state index contributed by atoms with van der Waals surface area (Å²) in [5.41, 5.74) is 1.09. The van der Waals surface area contributed by atoms with Gasteiger partial charge in [0.05, 0.1) is 25.8 Å². The Balaban J connectivity index is 1.60. The Kier molecular flexibility index (Phi) is 8.58. The van der Waals surface area contributed by atoms with E-state index >= 15 is 0 Å². The number of hydrogen-bond acceptors (Lipinski definition) is 4. The first-order valence-electron chi connectivity index (χ1n) is 10.5. The summed E-state index contributed by atoms with van der Waals surface area (Å²) < 4.78 is 5.52. The number of nitrogens with zero attached hydrogens (tertiary/aromatic N) is 2.